The minimum absolute atomic E-state index is 0.296. The van der Waals surface area contributed by atoms with Crippen LogP contribution < -0.4 is 0 Å². The normalized spacial score (nSPS) is 15.1. The van der Waals surface area contributed by atoms with Crippen LogP contribution in [0.5, 0.6) is 0 Å². The first-order valence-electron chi connectivity index (χ1n) is 4.94. The van der Waals surface area contributed by atoms with Crippen molar-refractivity contribution >= 4 is 17.1 Å². The second-order valence-electron chi connectivity index (χ2n) is 4.40. The smallest absolute Gasteiger partial charge is 0.144 e. The fraction of sp³-hybridized carbons (Fsp3) is 0.417. The summed E-state index contributed by atoms with van der Waals surface area (Å²) in [5.74, 6) is 0. The Morgan fingerprint density at radius 2 is 1.73 bits per heavy atom. The highest BCUT2D eigenvalue weighted by Gasteiger charge is 2.26. The van der Waals surface area contributed by atoms with Gasteiger partial charge in [0.25, 0.3) is 0 Å². The lowest BCUT2D eigenvalue weighted by Crippen LogP contribution is -2.26. The Morgan fingerprint density at radius 3 is 2.20 bits per heavy atom. The molecule has 1 aromatic rings. The van der Waals surface area contributed by atoms with Gasteiger partial charge in [0.2, 0.25) is 0 Å². The highest BCUT2D eigenvalue weighted by molar-refractivity contribution is 7.91. The third-order valence-corrected chi connectivity index (χ3v) is 3.42. The molecule has 0 bridgehead atoms. The average Bonchev–Trinajstić information content (AvgIpc) is 2.17. The third kappa shape index (κ3) is 3.68. The summed E-state index contributed by atoms with van der Waals surface area (Å²) in [6.45, 7) is 7.65. The van der Waals surface area contributed by atoms with E-state index in [1.54, 1.807) is 0 Å². The van der Waals surface area contributed by atoms with E-state index in [-0.39, 0.29) is 4.75 Å². The summed E-state index contributed by atoms with van der Waals surface area (Å²) in [5.41, 5.74) is 1.85. The van der Waals surface area contributed by atoms with Crippen molar-refractivity contribution in [2.45, 2.75) is 32.4 Å². The van der Waals surface area contributed by atoms with Crippen LogP contribution in [0.2, 0.25) is 0 Å². The van der Waals surface area contributed by atoms with Crippen molar-refractivity contribution in [1.29, 1.82) is 0 Å². The lowest BCUT2D eigenvalue weighted by Gasteiger charge is -2.18. The summed E-state index contributed by atoms with van der Waals surface area (Å²) in [5, 5.41) is 0. The van der Waals surface area contributed by atoms with E-state index in [1.165, 1.54) is 0 Å². The van der Waals surface area contributed by atoms with Gasteiger partial charge in [0.1, 0.15) is 16.1 Å². The van der Waals surface area contributed by atoms with Crippen LogP contribution >= 0.6 is 0 Å². The highest BCUT2D eigenvalue weighted by atomic mass is 32.2. The molecule has 1 rings (SSSR count). The van der Waals surface area contributed by atoms with Gasteiger partial charge in [-0.3, -0.25) is 0 Å². The standard InChI is InChI=1S/C12H17NOS/c1-10(11-8-6-5-7-9-11)13-15(14)12(2,3)4/h5-9H,1-4H3/b13-10+/t15-/m0/s1. The lowest BCUT2D eigenvalue weighted by atomic mass is 10.1. The van der Waals surface area contributed by atoms with Crippen molar-refractivity contribution in [3.8, 4) is 0 Å². The van der Waals surface area contributed by atoms with Crippen LogP contribution in [0.3, 0.4) is 0 Å². The van der Waals surface area contributed by atoms with E-state index < -0.39 is 11.4 Å². The first-order chi connectivity index (χ1) is 6.91. The Bertz CT molecular complexity index is 340. The topological polar surface area (TPSA) is 35.4 Å². The van der Waals surface area contributed by atoms with E-state index in [0.29, 0.717) is 0 Å². The van der Waals surface area contributed by atoms with E-state index in [4.69, 9.17) is 0 Å². The Labute approximate surface area is 94.7 Å². The van der Waals surface area contributed by atoms with Gasteiger partial charge in [0.05, 0.1) is 5.71 Å². The van der Waals surface area contributed by atoms with Gasteiger partial charge in [-0.05, 0) is 27.7 Å². The molecular weight excluding hydrogens is 206 g/mol. The summed E-state index contributed by atoms with van der Waals surface area (Å²) in [6, 6.07) is 9.80. The number of rotatable bonds is 2. The summed E-state index contributed by atoms with van der Waals surface area (Å²) in [6.07, 6.45) is 0. The van der Waals surface area contributed by atoms with Crippen molar-refractivity contribution in [2.24, 2.45) is 4.40 Å². The lowest BCUT2D eigenvalue weighted by molar-refractivity contribution is 0.561. The first kappa shape index (κ1) is 12.3. The van der Waals surface area contributed by atoms with E-state index in [2.05, 4.69) is 4.40 Å². The highest BCUT2D eigenvalue weighted by Crippen LogP contribution is 2.18. The Morgan fingerprint density at radius 1 is 1.20 bits per heavy atom. The Balaban J connectivity index is 2.86. The molecule has 1 aromatic carbocycles. The molecule has 0 heterocycles. The zero-order valence-corrected chi connectivity index (χ0v) is 10.5. The van der Waals surface area contributed by atoms with Crippen LogP contribution in [0, 0.1) is 0 Å². The van der Waals surface area contributed by atoms with Crippen molar-refractivity contribution in [3.63, 3.8) is 0 Å². The van der Waals surface area contributed by atoms with Gasteiger partial charge in [-0.15, -0.1) is 0 Å². The predicted molar refractivity (Wildman–Crippen MR) is 66.5 cm³/mol. The molecule has 15 heavy (non-hydrogen) atoms. The van der Waals surface area contributed by atoms with E-state index >= 15 is 0 Å². The van der Waals surface area contributed by atoms with Crippen LogP contribution in [0.25, 0.3) is 0 Å². The van der Waals surface area contributed by atoms with Gasteiger partial charge in [0.15, 0.2) is 0 Å². The van der Waals surface area contributed by atoms with Gasteiger partial charge in [0, 0.05) is 5.56 Å². The number of nitrogens with zero attached hydrogens (tertiary/aromatic N) is 1. The van der Waals surface area contributed by atoms with Crippen LogP contribution in [-0.4, -0.2) is 15.0 Å². The maximum atomic E-state index is 11.8. The van der Waals surface area contributed by atoms with Gasteiger partial charge < -0.3 is 4.55 Å². The van der Waals surface area contributed by atoms with E-state index in [1.807, 2.05) is 58.0 Å². The summed E-state index contributed by atoms with van der Waals surface area (Å²) in [7, 11) is 0. The maximum Gasteiger partial charge on any atom is 0.144 e. The molecular formula is C12H17NOS. The second kappa shape index (κ2) is 4.81. The molecule has 0 aliphatic rings. The molecule has 1 atom stereocenters. The quantitative estimate of drug-likeness (QED) is 0.561. The van der Waals surface area contributed by atoms with Crippen molar-refractivity contribution in [3.05, 3.63) is 35.9 Å². The average molecular weight is 223 g/mol. The molecule has 0 aromatic heterocycles. The minimum atomic E-state index is -1.18. The van der Waals surface area contributed by atoms with Crippen LogP contribution in [0.4, 0.5) is 0 Å². The van der Waals surface area contributed by atoms with Gasteiger partial charge in [-0.25, -0.2) is 0 Å². The molecule has 0 aliphatic carbocycles. The molecule has 0 amide bonds. The van der Waals surface area contributed by atoms with E-state index in [9.17, 15) is 4.55 Å². The van der Waals surface area contributed by atoms with Crippen molar-refractivity contribution in [1.82, 2.24) is 0 Å². The molecule has 2 nitrogen and oxygen atoms in total. The molecule has 0 unspecified atom stereocenters. The summed E-state index contributed by atoms with van der Waals surface area (Å²) < 4.78 is 15.7. The van der Waals surface area contributed by atoms with Crippen molar-refractivity contribution in [2.75, 3.05) is 0 Å². The molecule has 0 spiro atoms. The predicted octanol–water partition coefficient (Wildman–Crippen LogP) is 2.96. The molecule has 0 saturated heterocycles. The number of hydrogen-bond acceptors (Lipinski definition) is 2. The molecule has 3 heteroatoms. The second-order valence-corrected chi connectivity index (χ2v) is 6.31. The first-order valence-corrected chi connectivity index (χ1v) is 6.04. The zero-order valence-electron chi connectivity index (χ0n) is 9.65. The Kier molecular flexibility index (Phi) is 3.94. The number of hydrogen-bond donors (Lipinski definition) is 0. The molecule has 0 aliphatic heterocycles. The Hall–Kier alpha value is -0.800. The number of benzene rings is 1. The molecule has 0 N–H and O–H groups in total. The largest absolute Gasteiger partial charge is 0.591 e. The monoisotopic (exact) mass is 223 g/mol. The molecule has 0 fully saturated rings. The summed E-state index contributed by atoms with van der Waals surface area (Å²) in [4.78, 5) is 0. The fourth-order valence-corrected chi connectivity index (χ4v) is 1.62. The third-order valence-electron chi connectivity index (χ3n) is 1.94. The van der Waals surface area contributed by atoms with Gasteiger partial charge >= 0.3 is 0 Å². The van der Waals surface area contributed by atoms with Crippen LogP contribution in [-0.2, 0) is 11.4 Å². The van der Waals surface area contributed by atoms with Crippen LogP contribution in [0.1, 0.15) is 33.3 Å². The van der Waals surface area contributed by atoms with Gasteiger partial charge in [-0.2, -0.15) is 0 Å². The molecule has 0 radical (unpaired) electrons. The summed E-state index contributed by atoms with van der Waals surface area (Å²) >= 11 is -1.18. The van der Waals surface area contributed by atoms with Crippen LogP contribution in [0.15, 0.2) is 34.7 Å². The minimum Gasteiger partial charge on any atom is -0.591 e. The van der Waals surface area contributed by atoms with Crippen molar-refractivity contribution < 1.29 is 4.55 Å². The zero-order chi connectivity index (χ0) is 11.5. The molecule has 82 valence electrons. The maximum absolute atomic E-state index is 11.8. The fourth-order valence-electron chi connectivity index (χ4n) is 0.993. The SMILES string of the molecule is C/C(=N\[S@@+]([O-])C(C)(C)C)c1ccccc1. The van der Waals surface area contributed by atoms with E-state index in [0.717, 1.165) is 11.3 Å². The molecule has 0 saturated carbocycles. The van der Waals surface area contributed by atoms with Gasteiger partial charge in [-0.1, -0.05) is 34.7 Å².